The van der Waals surface area contributed by atoms with Gasteiger partial charge in [-0.05, 0) is 0 Å². The van der Waals surface area contributed by atoms with Crippen LogP contribution in [0.15, 0.2) is 48.8 Å². The molecule has 0 aliphatic rings. The van der Waals surface area contributed by atoms with Gasteiger partial charge in [0.2, 0.25) is 0 Å². The monoisotopic (exact) mass is 350 g/mol. The quantitative estimate of drug-likeness (QED) is 0.737. The van der Waals surface area contributed by atoms with Crippen LogP contribution < -0.4 is 0 Å². The smallest absolute Gasteiger partial charge is 0.668 e. The molecular weight excluding hydrogens is 324 g/mol. The number of pyridine rings is 2. The fourth-order valence-electron chi connectivity index (χ4n) is 0.972. The van der Waals surface area contributed by atoms with E-state index in [9.17, 15) is 0 Å². The fourth-order valence-corrected chi connectivity index (χ4v) is 0.972. The van der Waals surface area contributed by atoms with Gasteiger partial charge in [0.1, 0.15) is 0 Å². The Labute approximate surface area is 155 Å². The van der Waals surface area contributed by atoms with Crippen molar-refractivity contribution in [3.05, 3.63) is 70.1 Å². The van der Waals surface area contributed by atoms with Gasteiger partial charge in [0.25, 0.3) is 0 Å². The summed E-state index contributed by atoms with van der Waals surface area (Å²) in [5.74, 6) is 1.57. The van der Waals surface area contributed by atoms with Crippen molar-refractivity contribution in [2.45, 2.75) is 0 Å². The van der Waals surface area contributed by atoms with Crippen molar-refractivity contribution in [1.82, 2.24) is 9.97 Å². The first-order valence-electron chi connectivity index (χ1n) is 6.67. The number of hydrogen-bond donors (Lipinski definition) is 0. The van der Waals surface area contributed by atoms with E-state index in [0.29, 0.717) is 0 Å². The third-order valence-corrected chi connectivity index (χ3v) is 1.76. The van der Waals surface area contributed by atoms with Crippen LogP contribution in [0.5, 0.6) is 0 Å². The summed E-state index contributed by atoms with van der Waals surface area (Å²) >= 11 is 0. The molecule has 0 N–H and O–H groups in total. The number of nitrogens with zero attached hydrogens (tertiary/aromatic N) is 6. The molecule has 0 radical (unpaired) electrons. The van der Waals surface area contributed by atoms with E-state index in [-0.39, 0.29) is 21.7 Å². The van der Waals surface area contributed by atoms with Crippen LogP contribution in [-0.4, -0.2) is 52.3 Å². The van der Waals surface area contributed by atoms with Crippen LogP contribution >= 0.6 is 0 Å². The van der Waals surface area contributed by atoms with Crippen molar-refractivity contribution < 1.29 is 21.7 Å². The first kappa shape index (κ1) is 26.4. The minimum Gasteiger partial charge on any atom is -0.668 e. The topological polar surface area (TPSA) is 82.2 Å². The Bertz CT molecular complexity index is 372. The molecule has 6 nitrogen and oxygen atoms in total. The van der Waals surface area contributed by atoms with Crippen molar-refractivity contribution in [2.24, 2.45) is 0 Å². The molecule has 0 bridgehead atoms. The molecule has 0 aromatic carbocycles. The summed E-state index contributed by atoms with van der Waals surface area (Å²) in [6, 6.07) is 11.3. The largest absolute Gasteiger partial charge is 4.00 e. The Kier molecular flexibility index (Phi) is 26.2. The zero-order valence-electron chi connectivity index (χ0n) is 14.8. The van der Waals surface area contributed by atoms with Crippen LogP contribution in [0.2, 0.25) is 0 Å². The molecule has 7 heteroatoms. The van der Waals surface area contributed by atoms with Gasteiger partial charge in [-0.2, -0.15) is 28.2 Å². The number of hydrogen-bond acceptors (Lipinski definition) is 2. The summed E-state index contributed by atoms with van der Waals surface area (Å²) in [6.07, 6.45) is 3.45. The van der Waals surface area contributed by atoms with Gasteiger partial charge in [0.05, 0.1) is 0 Å². The molecule has 124 valence electrons. The average Bonchev–Trinajstić information content (AvgIpc) is 2.58. The summed E-state index contributed by atoms with van der Waals surface area (Å²) in [7, 11) is 10.4. The molecule has 0 fully saturated rings. The first-order chi connectivity index (χ1) is 10.7. The first-order valence-corrected chi connectivity index (χ1v) is 6.67. The molecule has 0 unspecified atom stereocenters. The van der Waals surface area contributed by atoms with Crippen LogP contribution in [0.4, 0.5) is 11.6 Å². The van der Waals surface area contributed by atoms with Gasteiger partial charge in [-0.3, -0.25) is 0 Å². The maximum absolute atomic E-state index is 3.93. The maximum Gasteiger partial charge on any atom is 4.00 e. The van der Waals surface area contributed by atoms with Crippen molar-refractivity contribution in [3.8, 4) is 0 Å². The van der Waals surface area contributed by atoms with E-state index in [1.54, 1.807) is 54.7 Å². The third kappa shape index (κ3) is 20.5. The van der Waals surface area contributed by atoms with Gasteiger partial charge in [-0.15, -0.1) is 0 Å². The molecule has 0 aliphatic heterocycles. The van der Waals surface area contributed by atoms with Crippen molar-refractivity contribution in [2.75, 3.05) is 42.3 Å². The molecule has 0 aliphatic carbocycles. The maximum atomic E-state index is 3.93. The van der Waals surface area contributed by atoms with Crippen molar-refractivity contribution >= 4 is 11.6 Å². The Balaban J connectivity index is -0.000000253. The van der Waals surface area contributed by atoms with E-state index >= 15 is 0 Å². The van der Waals surface area contributed by atoms with Crippen LogP contribution in [0.1, 0.15) is 0 Å². The second-order valence-corrected chi connectivity index (χ2v) is 3.72. The fraction of sp³-hybridized carbons (Fsp3) is 0.375. The van der Waals surface area contributed by atoms with Gasteiger partial charge in [-0.25, -0.2) is 0 Å². The molecule has 0 spiro atoms. The predicted molar refractivity (Wildman–Crippen MR) is 96.8 cm³/mol. The molecule has 2 aromatic rings. The standard InChI is InChI=1S/2C6H7N2.2C2H6N.Ti/c2*1-7-6-4-2-3-5-8-6;2*1-3-2;/h2*2-5H,1H3;2*1-2H3;/q4*-1;+4. The van der Waals surface area contributed by atoms with E-state index in [4.69, 9.17) is 0 Å². The Morgan fingerprint density at radius 2 is 0.913 bits per heavy atom. The minimum absolute atomic E-state index is 0. The third-order valence-electron chi connectivity index (χ3n) is 1.76. The molecule has 2 heterocycles. The van der Waals surface area contributed by atoms with E-state index < -0.39 is 0 Å². The Morgan fingerprint density at radius 3 is 1.04 bits per heavy atom. The van der Waals surface area contributed by atoms with E-state index in [0.717, 1.165) is 11.6 Å². The van der Waals surface area contributed by atoms with Gasteiger partial charge in [0.15, 0.2) is 0 Å². The van der Waals surface area contributed by atoms with Gasteiger partial charge >= 0.3 is 21.7 Å². The van der Waals surface area contributed by atoms with E-state index in [2.05, 4.69) is 31.2 Å². The Hall–Kier alpha value is -1.47. The molecule has 0 saturated heterocycles. The van der Waals surface area contributed by atoms with Gasteiger partial charge < -0.3 is 31.2 Å². The summed E-state index contributed by atoms with van der Waals surface area (Å²) < 4.78 is 0. The zero-order chi connectivity index (χ0) is 17.1. The van der Waals surface area contributed by atoms with E-state index in [1.165, 1.54) is 0 Å². The average molecular weight is 350 g/mol. The zero-order valence-corrected chi connectivity index (χ0v) is 16.4. The normalized spacial score (nSPS) is 7.57. The molecule has 2 rings (SSSR count). The SMILES string of the molecule is C[N-]C.C[N-]C.C[N-]c1ccccn1.C[N-]c1ccccn1.[Ti+4]. The molecule has 0 amide bonds. The molecule has 0 saturated carbocycles. The molecule has 2 aromatic heterocycles. The number of aromatic nitrogens is 2. The summed E-state index contributed by atoms with van der Waals surface area (Å²) in [4.78, 5) is 7.86. The molecule has 23 heavy (non-hydrogen) atoms. The predicted octanol–water partition coefficient (Wildman–Crippen LogP) is 4.67. The second kappa shape index (κ2) is 22.8. The van der Waals surface area contributed by atoms with Crippen LogP contribution in [0, 0.1) is 0 Å². The summed E-state index contributed by atoms with van der Waals surface area (Å²) in [5.41, 5.74) is 0. The second-order valence-electron chi connectivity index (χ2n) is 3.72. The summed E-state index contributed by atoms with van der Waals surface area (Å²) in [6.45, 7) is 0. The minimum atomic E-state index is 0. The Morgan fingerprint density at radius 1 is 0.609 bits per heavy atom. The number of rotatable bonds is 2. The van der Waals surface area contributed by atoms with Crippen LogP contribution in [0.3, 0.4) is 0 Å². The van der Waals surface area contributed by atoms with E-state index in [1.807, 2.05) is 36.4 Å². The van der Waals surface area contributed by atoms with Gasteiger partial charge in [-0.1, -0.05) is 74.5 Å². The van der Waals surface area contributed by atoms with Crippen LogP contribution in [0.25, 0.3) is 21.3 Å². The van der Waals surface area contributed by atoms with Crippen molar-refractivity contribution in [3.63, 3.8) is 0 Å². The van der Waals surface area contributed by atoms with Gasteiger partial charge in [0, 0.05) is 0 Å². The molecule has 0 atom stereocenters. The summed E-state index contributed by atoms with van der Waals surface area (Å²) in [5, 5.41) is 14.7. The molecular formula is C16H26N6Ti. The van der Waals surface area contributed by atoms with Crippen LogP contribution in [-0.2, 0) is 21.7 Å². The van der Waals surface area contributed by atoms with Crippen molar-refractivity contribution in [1.29, 1.82) is 0 Å².